The lowest BCUT2D eigenvalue weighted by Crippen LogP contribution is -2.30. The third-order valence-electron chi connectivity index (χ3n) is 2.76. The normalized spacial score (nSPS) is 12.4. The quantitative estimate of drug-likeness (QED) is 0.743. The molecule has 1 aromatic carbocycles. The molecule has 1 atom stereocenters. The highest BCUT2D eigenvalue weighted by molar-refractivity contribution is 5.94. The highest BCUT2D eigenvalue weighted by Gasteiger charge is 2.35. The van der Waals surface area contributed by atoms with Crippen LogP contribution in [0.5, 0.6) is 0 Å². The van der Waals surface area contributed by atoms with Crippen molar-refractivity contribution in [1.82, 2.24) is 0 Å². The second-order valence-corrected chi connectivity index (χ2v) is 3.96. The second kappa shape index (κ2) is 6.03. The first-order chi connectivity index (χ1) is 8.07. The van der Waals surface area contributed by atoms with Gasteiger partial charge in [-0.2, -0.15) is 0 Å². The molecule has 1 aromatic rings. The number of hydrogen-bond donors (Lipinski definition) is 2. The molecule has 0 saturated heterocycles. The largest absolute Gasteiger partial charge is 0.481 e. The Morgan fingerprint density at radius 2 is 1.65 bits per heavy atom. The predicted molar refractivity (Wildman–Crippen MR) is 62.9 cm³/mol. The van der Waals surface area contributed by atoms with Gasteiger partial charge in [0.1, 0.15) is 0 Å². The van der Waals surface area contributed by atoms with Crippen LogP contribution in [0.25, 0.3) is 0 Å². The first-order valence-corrected chi connectivity index (χ1v) is 5.58. The van der Waals surface area contributed by atoms with Crippen molar-refractivity contribution >= 4 is 11.9 Å². The van der Waals surface area contributed by atoms with Gasteiger partial charge in [-0.05, 0) is 12.0 Å². The molecule has 0 aliphatic heterocycles. The summed E-state index contributed by atoms with van der Waals surface area (Å²) in [5, 5.41) is 18.0. The summed E-state index contributed by atoms with van der Waals surface area (Å²) in [7, 11) is 0. The van der Waals surface area contributed by atoms with Crippen molar-refractivity contribution < 1.29 is 19.8 Å². The molecule has 1 rings (SSSR count). The van der Waals surface area contributed by atoms with Gasteiger partial charge in [-0.3, -0.25) is 9.59 Å². The van der Waals surface area contributed by atoms with Crippen LogP contribution in [0.3, 0.4) is 0 Å². The lowest BCUT2D eigenvalue weighted by molar-refractivity contribution is -0.155. The minimum Gasteiger partial charge on any atom is -0.481 e. The maximum absolute atomic E-state index is 11.0. The van der Waals surface area contributed by atoms with E-state index in [1.54, 1.807) is 24.3 Å². The molecule has 0 heterocycles. The Labute approximate surface area is 99.9 Å². The van der Waals surface area contributed by atoms with Crippen LogP contribution in [0.2, 0.25) is 0 Å². The van der Waals surface area contributed by atoms with Gasteiger partial charge in [-0.15, -0.1) is 0 Å². The summed E-state index contributed by atoms with van der Waals surface area (Å²) in [6, 6.07) is 8.96. The Morgan fingerprint density at radius 3 is 2.06 bits per heavy atom. The van der Waals surface area contributed by atoms with E-state index in [-0.39, 0.29) is 0 Å². The van der Waals surface area contributed by atoms with E-state index in [4.69, 9.17) is 10.2 Å². The SMILES string of the molecule is CCCC(c1ccccc1)C(C(=O)O)C(=O)O. The van der Waals surface area contributed by atoms with Crippen LogP contribution in [0.4, 0.5) is 0 Å². The van der Waals surface area contributed by atoms with E-state index in [1.165, 1.54) is 0 Å². The molecule has 0 bridgehead atoms. The molecule has 0 aromatic heterocycles. The minimum atomic E-state index is -1.38. The van der Waals surface area contributed by atoms with Crippen molar-refractivity contribution in [3.8, 4) is 0 Å². The molecule has 4 heteroatoms. The van der Waals surface area contributed by atoms with Crippen molar-refractivity contribution in [1.29, 1.82) is 0 Å². The molecule has 4 nitrogen and oxygen atoms in total. The van der Waals surface area contributed by atoms with E-state index >= 15 is 0 Å². The number of carboxylic acids is 2. The molecular weight excluding hydrogens is 220 g/mol. The number of rotatable bonds is 6. The molecule has 0 radical (unpaired) electrons. The summed E-state index contributed by atoms with van der Waals surface area (Å²) in [5.41, 5.74) is 0.768. The van der Waals surface area contributed by atoms with Crippen molar-refractivity contribution in [3.63, 3.8) is 0 Å². The summed E-state index contributed by atoms with van der Waals surface area (Å²) >= 11 is 0. The average molecular weight is 236 g/mol. The zero-order valence-corrected chi connectivity index (χ0v) is 9.67. The Morgan fingerprint density at radius 1 is 1.12 bits per heavy atom. The van der Waals surface area contributed by atoms with E-state index in [0.29, 0.717) is 6.42 Å². The lowest BCUT2D eigenvalue weighted by atomic mass is 9.83. The van der Waals surface area contributed by atoms with E-state index in [2.05, 4.69) is 0 Å². The third-order valence-corrected chi connectivity index (χ3v) is 2.76. The van der Waals surface area contributed by atoms with Gasteiger partial charge in [0.15, 0.2) is 5.92 Å². The smallest absolute Gasteiger partial charge is 0.318 e. The van der Waals surface area contributed by atoms with E-state index < -0.39 is 23.8 Å². The molecule has 17 heavy (non-hydrogen) atoms. The first kappa shape index (κ1) is 13.2. The zero-order chi connectivity index (χ0) is 12.8. The summed E-state index contributed by atoms with van der Waals surface area (Å²) in [6.45, 7) is 1.91. The fourth-order valence-corrected chi connectivity index (χ4v) is 1.99. The van der Waals surface area contributed by atoms with Gasteiger partial charge >= 0.3 is 11.9 Å². The summed E-state index contributed by atoms with van der Waals surface area (Å²) < 4.78 is 0. The van der Waals surface area contributed by atoms with Gasteiger partial charge in [0.25, 0.3) is 0 Å². The predicted octanol–water partition coefficient (Wildman–Crippen LogP) is 2.36. The second-order valence-electron chi connectivity index (χ2n) is 3.96. The molecule has 1 unspecified atom stereocenters. The summed E-state index contributed by atoms with van der Waals surface area (Å²) in [5.74, 6) is -4.41. The van der Waals surface area contributed by atoms with Crippen molar-refractivity contribution in [2.45, 2.75) is 25.7 Å². The fourth-order valence-electron chi connectivity index (χ4n) is 1.99. The van der Waals surface area contributed by atoms with Crippen LogP contribution < -0.4 is 0 Å². The number of carbonyl (C=O) groups is 2. The summed E-state index contributed by atoms with van der Waals surface area (Å²) in [4.78, 5) is 22.1. The van der Waals surface area contributed by atoms with Crippen LogP contribution in [0.15, 0.2) is 30.3 Å². The molecule has 0 aliphatic rings. The van der Waals surface area contributed by atoms with E-state index in [1.807, 2.05) is 13.0 Å². The molecule has 0 aliphatic carbocycles. The van der Waals surface area contributed by atoms with Gasteiger partial charge in [0.05, 0.1) is 0 Å². The number of benzene rings is 1. The average Bonchev–Trinajstić information content (AvgIpc) is 2.28. The number of hydrogen-bond acceptors (Lipinski definition) is 2. The Hall–Kier alpha value is -1.84. The minimum absolute atomic E-state index is 0.476. The van der Waals surface area contributed by atoms with Crippen LogP contribution in [-0.4, -0.2) is 22.2 Å². The van der Waals surface area contributed by atoms with E-state index in [9.17, 15) is 9.59 Å². The maximum Gasteiger partial charge on any atom is 0.318 e. The Kier molecular flexibility index (Phi) is 4.69. The monoisotopic (exact) mass is 236 g/mol. The third kappa shape index (κ3) is 3.31. The molecule has 0 amide bonds. The summed E-state index contributed by atoms with van der Waals surface area (Å²) in [6.07, 6.45) is 1.30. The zero-order valence-electron chi connectivity index (χ0n) is 9.67. The van der Waals surface area contributed by atoms with Crippen molar-refractivity contribution in [3.05, 3.63) is 35.9 Å². The van der Waals surface area contributed by atoms with Crippen LogP contribution in [-0.2, 0) is 9.59 Å². The lowest BCUT2D eigenvalue weighted by Gasteiger charge is -2.20. The van der Waals surface area contributed by atoms with Gasteiger partial charge in [-0.25, -0.2) is 0 Å². The molecule has 0 spiro atoms. The van der Waals surface area contributed by atoms with Crippen LogP contribution in [0.1, 0.15) is 31.2 Å². The Balaban J connectivity index is 3.07. The maximum atomic E-state index is 11.0. The van der Waals surface area contributed by atoms with Crippen molar-refractivity contribution in [2.24, 2.45) is 5.92 Å². The molecule has 2 N–H and O–H groups in total. The highest BCUT2D eigenvalue weighted by Crippen LogP contribution is 2.30. The van der Waals surface area contributed by atoms with Gasteiger partial charge in [0.2, 0.25) is 0 Å². The van der Waals surface area contributed by atoms with Gasteiger partial charge in [-0.1, -0.05) is 43.7 Å². The van der Waals surface area contributed by atoms with E-state index in [0.717, 1.165) is 12.0 Å². The first-order valence-electron chi connectivity index (χ1n) is 5.58. The molecular formula is C13H16O4. The molecule has 0 fully saturated rings. The topological polar surface area (TPSA) is 74.6 Å². The molecule has 0 saturated carbocycles. The standard InChI is InChI=1S/C13H16O4/c1-2-6-10(9-7-4-3-5-8-9)11(12(14)15)13(16)17/h3-5,7-8,10-11H,2,6H2,1H3,(H,14,15)(H,16,17). The van der Waals surface area contributed by atoms with Gasteiger partial charge < -0.3 is 10.2 Å². The highest BCUT2D eigenvalue weighted by atomic mass is 16.4. The van der Waals surface area contributed by atoms with Crippen molar-refractivity contribution in [2.75, 3.05) is 0 Å². The fraction of sp³-hybridized carbons (Fsp3) is 0.385. The van der Waals surface area contributed by atoms with Gasteiger partial charge in [0, 0.05) is 5.92 Å². The number of aliphatic carboxylic acids is 2. The number of carboxylic acid groups (broad SMARTS) is 2. The van der Waals surface area contributed by atoms with Crippen LogP contribution >= 0.6 is 0 Å². The molecule has 92 valence electrons. The Bertz CT molecular complexity index is 372. The van der Waals surface area contributed by atoms with Crippen LogP contribution in [0, 0.1) is 5.92 Å².